The number of hydrogen-bond acceptors (Lipinski definition) is 2. The summed E-state index contributed by atoms with van der Waals surface area (Å²) in [5, 5.41) is 4.43. The maximum Gasteiger partial charge on any atom is 0.143 e. The van der Waals surface area contributed by atoms with Gasteiger partial charge in [-0.3, -0.25) is 9.48 Å². The number of benzene rings is 1. The van der Waals surface area contributed by atoms with Gasteiger partial charge in [0.1, 0.15) is 5.78 Å². The Kier molecular flexibility index (Phi) is 4.99. The molecule has 0 aliphatic rings. The lowest BCUT2D eigenvalue weighted by Crippen LogP contribution is -2.10. The fourth-order valence-corrected chi connectivity index (χ4v) is 3.42. The summed E-state index contributed by atoms with van der Waals surface area (Å²) in [7, 11) is 1.89. The zero-order valence-electron chi connectivity index (χ0n) is 13.0. The van der Waals surface area contributed by atoms with Crippen LogP contribution in [0.15, 0.2) is 22.7 Å². The fourth-order valence-electron chi connectivity index (χ4n) is 2.66. The molecule has 4 heteroatoms. The molecule has 1 aromatic heterocycles. The van der Waals surface area contributed by atoms with E-state index < -0.39 is 0 Å². The molecule has 0 fully saturated rings. The van der Waals surface area contributed by atoms with Crippen molar-refractivity contribution in [3.63, 3.8) is 0 Å². The van der Waals surface area contributed by atoms with Crippen LogP contribution in [-0.2, 0) is 31.1 Å². The Balaban J connectivity index is 2.13. The fraction of sp³-hybridized carbons (Fsp3) is 0.412. The van der Waals surface area contributed by atoms with Crippen molar-refractivity contribution in [1.82, 2.24) is 9.78 Å². The quantitative estimate of drug-likeness (QED) is 0.825. The van der Waals surface area contributed by atoms with Gasteiger partial charge < -0.3 is 0 Å². The zero-order valence-corrected chi connectivity index (χ0v) is 14.6. The van der Waals surface area contributed by atoms with Gasteiger partial charge in [0.05, 0.1) is 15.9 Å². The number of nitrogens with zero attached hydrogens (tertiary/aromatic N) is 2. The molecule has 0 saturated carbocycles. The lowest BCUT2D eigenvalue weighted by atomic mass is 10.0. The van der Waals surface area contributed by atoms with Gasteiger partial charge in [0.25, 0.3) is 0 Å². The van der Waals surface area contributed by atoms with Crippen molar-refractivity contribution < 1.29 is 4.79 Å². The number of aryl methyl sites for hydroxylation is 4. The number of rotatable bonds is 5. The molecule has 2 aromatic rings. The molecular weight excluding hydrogens is 328 g/mol. The second-order valence-electron chi connectivity index (χ2n) is 5.57. The third-order valence-electron chi connectivity index (χ3n) is 3.55. The van der Waals surface area contributed by atoms with Crippen molar-refractivity contribution in [2.75, 3.05) is 0 Å². The van der Waals surface area contributed by atoms with E-state index in [1.165, 1.54) is 11.1 Å². The normalized spacial score (nSPS) is 10.9. The monoisotopic (exact) mass is 348 g/mol. The van der Waals surface area contributed by atoms with Crippen LogP contribution in [-0.4, -0.2) is 15.6 Å². The first-order valence-electron chi connectivity index (χ1n) is 7.19. The largest absolute Gasteiger partial charge is 0.299 e. The highest BCUT2D eigenvalue weighted by Crippen LogP contribution is 2.22. The first kappa shape index (κ1) is 16.0. The highest BCUT2D eigenvalue weighted by Gasteiger charge is 2.16. The lowest BCUT2D eigenvalue weighted by molar-refractivity contribution is -0.117. The summed E-state index contributed by atoms with van der Waals surface area (Å²) in [6.07, 6.45) is 1.75. The Morgan fingerprint density at radius 3 is 2.33 bits per heavy atom. The molecule has 21 heavy (non-hydrogen) atoms. The van der Waals surface area contributed by atoms with Crippen LogP contribution >= 0.6 is 15.9 Å². The molecule has 0 bridgehead atoms. The summed E-state index contributed by atoms with van der Waals surface area (Å²) < 4.78 is 2.78. The van der Waals surface area contributed by atoms with Crippen molar-refractivity contribution in [3.05, 3.63) is 50.8 Å². The summed E-state index contributed by atoms with van der Waals surface area (Å²) >= 11 is 3.56. The van der Waals surface area contributed by atoms with Crippen LogP contribution in [0.4, 0.5) is 0 Å². The molecule has 3 nitrogen and oxygen atoms in total. The van der Waals surface area contributed by atoms with E-state index in [-0.39, 0.29) is 5.78 Å². The minimum atomic E-state index is 0.214. The van der Waals surface area contributed by atoms with E-state index >= 15 is 0 Å². The molecule has 0 atom stereocenters. The van der Waals surface area contributed by atoms with Crippen molar-refractivity contribution in [3.8, 4) is 0 Å². The minimum absolute atomic E-state index is 0.214. The molecule has 0 radical (unpaired) electrons. The maximum atomic E-state index is 12.3. The first-order chi connectivity index (χ1) is 9.90. The van der Waals surface area contributed by atoms with Crippen LogP contribution in [0.2, 0.25) is 0 Å². The number of ketones is 1. The zero-order chi connectivity index (χ0) is 15.6. The van der Waals surface area contributed by atoms with Crippen LogP contribution in [0.3, 0.4) is 0 Å². The Hall–Kier alpha value is -1.42. The van der Waals surface area contributed by atoms with E-state index in [1.807, 2.05) is 11.7 Å². The van der Waals surface area contributed by atoms with E-state index in [0.717, 1.165) is 27.8 Å². The smallest absolute Gasteiger partial charge is 0.143 e. The van der Waals surface area contributed by atoms with Crippen molar-refractivity contribution in [2.24, 2.45) is 7.05 Å². The van der Waals surface area contributed by atoms with Gasteiger partial charge in [-0.15, -0.1) is 0 Å². The molecule has 0 aliphatic carbocycles. The molecule has 2 rings (SSSR count). The molecule has 0 amide bonds. The van der Waals surface area contributed by atoms with Gasteiger partial charge in [-0.2, -0.15) is 5.10 Å². The van der Waals surface area contributed by atoms with E-state index in [0.29, 0.717) is 12.8 Å². The first-order valence-corrected chi connectivity index (χ1v) is 7.99. The van der Waals surface area contributed by atoms with Crippen LogP contribution in [0.1, 0.15) is 35.0 Å². The van der Waals surface area contributed by atoms with E-state index in [1.54, 1.807) is 0 Å². The number of carbonyl (C=O) groups excluding carboxylic acids is 1. The van der Waals surface area contributed by atoms with Crippen molar-refractivity contribution in [2.45, 2.75) is 40.0 Å². The number of halogens is 1. The summed E-state index contributed by atoms with van der Waals surface area (Å²) in [4.78, 5) is 12.3. The SMILES string of the molecule is CCc1nn(C)c(CC(=O)Cc2cc(C)cc(C)c2)c1Br. The van der Waals surface area contributed by atoms with E-state index in [2.05, 4.69) is 60.0 Å². The van der Waals surface area contributed by atoms with Crippen LogP contribution in [0.5, 0.6) is 0 Å². The molecule has 0 unspecified atom stereocenters. The lowest BCUT2D eigenvalue weighted by Gasteiger charge is -2.06. The highest BCUT2D eigenvalue weighted by atomic mass is 79.9. The van der Waals surface area contributed by atoms with Crippen LogP contribution in [0, 0.1) is 13.8 Å². The Morgan fingerprint density at radius 1 is 1.19 bits per heavy atom. The van der Waals surface area contributed by atoms with Gasteiger partial charge in [0.15, 0.2) is 0 Å². The third-order valence-corrected chi connectivity index (χ3v) is 4.47. The topological polar surface area (TPSA) is 34.9 Å². The summed E-state index contributed by atoms with van der Waals surface area (Å²) in [5.41, 5.74) is 5.46. The van der Waals surface area contributed by atoms with Crippen molar-refractivity contribution >= 4 is 21.7 Å². The minimum Gasteiger partial charge on any atom is -0.299 e. The molecule has 0 saturated heterocycles. The summed E-state index contributed by atoms with van der Waals surface area (Å²) in [6, 6.07) is 6.29. The third kappa shape index (κ3) is 3.82. The van der Waals surface area contributed by atoms with Crippen LogP contribution in [0.25, 0.3) is 0 Å². The maximum absolute atomic E-state index is 12.3. The Bertz CT molecular complexity index is 653. The van der Waals surface area contributed by atoms with Gasteiger partial charge >= 0.3 is 0 Å². The highest BCUT2D eigenvalue weighted by molar-refractivity contribution is 9.10. The second kappa shape index (κ2) is 6.56. The van der Waals surface area contributed by atoms with E-state index in [4.69, 9.17) is 0 Å². The standard InChI is InChI=1S/C17H21BrN2O/c1-5-15-17(18)16(20(4)19-15)10-14(21)9-13-7-11(2)6-12(3)8-13/h6-8H,5,9-10H2,1-4H3. The molecule has 0 spiro atoms. The Morgan fingerprint density at radius 2 is 1.81 bits per heavy atom. The number of aromatic nitrogens is 2. The molecule has 0 aliphatic heterocycles. The van der Waals surface area contributed by atoms with Crippen LogP contribution < -0.4 is 0 Å². The average molecular weight is 349 g/mol. The number of hydrogen-bond donors (Lipinski definition) is 0. The predicted molar refractivity (Wildman–Crippen MR) is 88.6 cm³/mol. The average Bonchev–Trinajstić information content (AvgIpc) is 2.64. The van der Waals surface area contributed by atoms with Gasteiger partial charge in [0.2, 0.25) is 0 Å². The summed E-state index contributed by atoms with van der Waals surface area (Å²) in [5.74, 6) is 0.214. The van der Waals surface area contributed by atoms with Gasteiger partial charge in [-0.1, -0.05) is 36.2 Å². The molecule has 0 N–H and O–H groups in total. The molecule has 1 heterocycles. The molecule has 112 valence electrons. The second-order valence-corrected chi connectivity index (χ2v) is 6.37. The van der Waals surface area contributed by atoms with Gasteiger partial charge in [0, 0.05) is 19.9 Å². The summed E-state index contributed by atoms with van der Waals surface area (Å²) in [6.45, 7) is 6.19. The molecular formula is C17H21BrN2O. The van der Waals surface area contributed by atoms with E-state index in [9.17, 15) is 4.79 Å². The van der Waals surface area contributed by atoms with Gasteiger partial charge in [-0.25, -0.2) is 0 Å². The predicted octanol–water partition coefficient (Wildman–Crippen LogP) is 3.72. The molecule has 1 aromatic carbocycles. The van der Waals surface area contributed by atoms with Crippen molar-refractivity contribution in [1.29, 1.82) is 0 Å². The van der Waals surface area contributed by atoms with Gasteiger partial charge in [-0.05, 0) is 41.8 Å². The number of Topliss-reactive ketones (excluding diaryl/α,β-unsaturated/α-hetero) is 1. The Labute approximate surface area is 134 Å². The number of carbonyl (C=O) groups is 1.